The maximum Gasteiger partial charge on any atom is 0.228 e. The van der Waals surface area contributed by atoms with Gasteiger partial charge in [-0.3, -0.25) is 9.59 Å². The molecular formula is C14H25N3O2. The SMILES string of the molecule is CN1CCN(C(=O)C2CC(=O)N(C(C)(C)C)C2)CC1. The van der Waals surface area contributed by atoms with E-state index in [0.29, 0.717) is 13.0 Å². The zero-order chi connectivity index (χ0) is 14.2. The number of likely N-dealkylation sites (tertiary alicyclic amines) is 1. The minimum atomic E-state index is -0.186. The molecule has 0 N–H and O–H groups in total. The fourth-order valence-electron chi connectivity index (χ4n) is 2.81. The number of carbonyl (C=O) groups is 2. The van der Waals surface area contributed by atoms with Gasteiger partial charge in [0.05, 0.1) is 5.92 Å². The summed E-state index contributed by atoms with van der Waals surface area (Å²) in [5.41, 5.74) is -0.186. The highest BCUT2D eigenvalue weighted by Crippen LogP contribution is 2.27. The van der Waals surface area contributed by atoms with Crippen molar-refractivity contribution in [2.24, 2.45) is 5.92 Å². The maximum absolute atomic E-state index is 12.5. The fourth-order valence-corrected chi connectivity index (χ4v) is 2.81. The van der Waals surface area contributed by atoms with E-state index >= 15 is 0 Å². The zero-order valence-corrected chi connectivity index (χ0v) is 12.5. The predicted molar refractivity (Wildman–Crippen MR) is 73.7 cm³/mol. The van der Waals surface area contributed by atoms with Gasteiger partial charge in [-0.1, -0.05) is 0 Å². The number of hydrogen-bond donors (Lipinski definition) is 0. The maximum atomic E-state index is 12.5. The third kappa shape index (κ3) is 3.08. The van der Waals surface area contributed by atoms with Crippen LogP contribution >= 0.6 is 0 Å². The second-order valence-corrected chi connectivity index (χ2v) is 6.70. The number of amides is 2. The van der Waals surface area contributed by atoms with Crippen LogP contribution in [0.15, 0.2) is 0 Å². The van der Waals surface area contributed by atoms with Crippen molar-refractivity contribution in [3.05, 3.63) is 0 Å². The van der Waals surface area contributed by atoms with E-state index in [2.05, 4.69) is 11.9 Å². The topological polar surface area (TPSA) is 43.9 Å². The van der Waals surface area contributed by atoms with Gasteiger partial charge < -0.3 is 14.7 Å². The normalized spacial score (nSPS) is 26.1. The molecule has 0 spiro atoms. The Morgan fingerprint density at radius 1 is 1.16 bits per heavy atom. The lowest BCUT2D eigenvalue weighted by Crippen LogP contribution is -2.49. The number of hydrogen-bond acceptors (Lipinski definition) is 3. The quantitative estimate of drug-likeness (QED) is 0.691. The van der Waals surface area contributed by atoms with E-state index in [9.17, 15) is 9.59 Å². The minimum absolute atomic E-state index is 0.111. The second-order valence-electron chi connectivity index (χ2n) is 6.70. The molecule has 0 aromatic rings. The Kier molecular flexibility index (Phi) is 3.85. The van der Waals surface area contributed by atoms with Crippen molar-refractivity contribution in [3.8, 4) is 0 Å². The van der Waals surface area contributed by atoms with Gasteiger partial charge in [0.1, 0.15) is 0 Å². The molecule has 0 radical (unpaired) electrons. The highest BCUT2D eigenvalue weighted by Gasteiger charge is 2.41. The van der Waals surface area contributed by atoms with Crippen LogP contribution in [0, 0.1) is 5.92 Å². The first kappa shape index (κ1) is 14.3. The lowest BCUT2D eigenvalue weighted by Gasteiger charge is -2.35. The average molecular weight is 267 g/mol. The van der Waals surface area contributed by atoms with Crippen LogP contribution in [-0.4, -0.2) is 71.8 Å². The summed E-state index contributed by atoms with van der Waals surface area (Å²) in [7, 11) is 2.07. The standard InChI is InChI=1S/C14H25N3O2/c1-14(2,3)17-10-11(9-12(17)18)13(19)16-7-5-15(4)6-8-16/h11H,5-10H2,1-4H3. The first-order chi connectivity index (χ1) is 8.79. The Hall–Kier alpha value is -1.10. The van der Waals surface area contributed by atoms with Crippen molar-refractivity contribution in [1.29, 1.82) is 0 Å². The number of likely N-dealkylation sites (N-methyl/N-ethyl adjacent to an activating group) is 1. The summed E-state index contributed by atoms with van der Waals surface area (Å²) in [6.07, 6.45) is 0.377. The smallest absolute Gasteiger partial charge is 0.228 e. The number of nitrogens with zero attached hydrogens (tertiary/aromatic N) is 3. The molecule has 5 nitrogen and oxygen atoms in total. The first-order valence-electron chi connectivity index (χ1n) is 7.07. The number of carbonyl (C=O) groups excluding carboxylic acids is 2. The van der Waals surface area contributed by atoms with Crippen LogP contribution < -0.4 is 0 Å². The van der Waals surface area contributed by atoms with Crippen molar-refractivity contribution in [2.45, 2.75) is 32.7 Å². The average Bonchev–Trinajstić information content (AvgIpc) is 2.71. The van der Waals surface area contributed by atoms with Crippen molar-refractivity contribution in [2.75, 3.05) is 39.8 Å². The summed E-state index contributed by atoms with van der Waals surface area (Å²) in [5.74, 6) is 0.128. The molecule has 0 saturated carbocycles. The highest BCUT2D eigenvalue weighted by atomic mass is 16.2. The minimum Gasteiger partial charge on any atom is -0.340 e. The van der Waals surface area contributed by atoms with E-state index in [1.807, 2.05) is 30.6 Å². The summed E-state index contributed by atoms with van der Waals surface area (Å²) >= 11 is 0. The van der Waals surface area contributed by atoms with Gasteiger partial charge in [0.15, 0.2) is 0 Å². The van der Waals surface area contributed by atoms with Crippen LogP contribution in [0.3, 0.4) is 0 Å². The zero-order valence-electron chi connectivity index (χ0n) is 12.5. The van der Waals surface area contributed by atoms with Gasteiger partial charge in [-0.2, -0.15) is 0 Å². The summed E-state index contributed by atoms with van der Waals surface area (Å²) in [6, 6.07) is 0. The molecule has 2 aliphatic heterocycles. The van der Waals surface area contributed by atoms with Crippen molar-refractivity contribution in [1.82, 2.24) is 14.7 Å². The van der Waals surface area contributed by atoms with Crippen molar-refractivity contribution >= 4 is 11.8 Å². The molecule has 0 aliphatic carbocycles. The molecule has 1 atom stereocenters. The fraction of sp³-hybridized carbons (Fsp3) is 0.857. The van der Waals surface area contributed by atoms with Crippen LogP contribution in [0.5, 0.6) is 0 Å². The molecule has 1 unspecified atom stereocenters. The number of rotatable bonds is 1. The van der Waals surface area contributed by atoms with Gasteiger partial charge in [0.25, 0.3) is 0 Å². The van der Waals surface area contributed by atoms with Crippen LogP contribution in [0.1, 0.15) is 27.2 Å². The Balaban J connectivity index is 1.96. The van der Waals surface area contributed by atoms with Gasteiger partial charge in [-0.15, -0.1) is 0 Å². The summed E-state index contributed by atoms with van der Waals surface area (Å²) < 4.78 is 0. The van der Waals surface area contributed by atoms with Gasteiger partial charge in [0, 0.05) is 44.7 Å². The number of piperazine rings is 1. The summed E-state index contributed by atoms with van der Waals surface area (Å²) in [4.78, 5) is 30.5. The molecule has 108 valence electrons. The van der Waals surface area contributed by atoms with Crippen LogP contribution in [0.25, 0.3) is 0 Å². The van der Waals surface area contributed by atoms with Crippen LogP contribution in [-0.2, 0) is 9.59 Å². The molecule has 19 heavy (non-hydrogen) atoms. The third-order valence-corrected chi connectivity index (χ3v) is 4.10. The lowest BCUT2D eigenvalue weighted by molar-refractivity contribution is -0.137. The van der Waals surface area contributed by atoms with Crippen LogP contribution in [0.2, 0.25) is 0 Å². The van der Waals surface area contributed by atoms with Crippen molar-refractivity contribution in [3.63, 3.8) is 0 Å². The molecule has 2 fully saturated rings. The molecule has 2 rings (SSSR count). The molecule has 2 saturated heterocycles. The van der Waals surface area contributed by atoms with E-state index in [0.717, 1.165) is 26.2 Å². The molecule has 2 aliphatic rings. The lowest BCUT2D eigenvalue weighted by atomic mass is 10.1. The Labute approximate surface area is 115 Å². The van der Waals surface area contributed by atoms with Gasteiger partial charge in [-0.05, 0) is 27.8 Å². The van der Waals surface area contributed by atoms with E-state index in [1.54, 1.807) is 0 Å². The largest absolute Gasteiger partial charge is 0.340 e. The van der Waals surface area contributed by atoms with Crippen molar-refractivity contribution < 1.29 is 9.59 Å². The van der Waals surface area contributed by atoms with E-state index in [1.165, 1.54) is 0 Å². The Bertz CT molecular complexity index is 367. The Morgan fingerprint density at radius 2 is 1.74 bits per heavy atom. The third-order valence-electron chi connectivity index (χ3n) is 4.10. The Morgan fingerprint density at radius 3 is 2.21 bits per heavy atom. The molecule has 0 aromatic heterocycles. The molecule has 2 heterocycles. The molecule has 5 heteroatoms. The van der Waals surface area contributed by atoms with Gasteiger partial charge in [0.2, 0.25) is 11.8 Å². The van der Waals surface area contributed by atoms with Gasteiger partial charge >= 0.3 is 0 Å². The highest BCUT2D eigenvalue weighted by molar-refractivity contribution is 5.89. The molecule has 0 bridgehead atoms. The second kappa shape index (κ2) is 5.12. The predicted octanol–water partition coefficient (Wildman–Crippen LogP) is 0.407. The van der Waals surface area contributed by atoms with Gasteiger partial charge in [-0.25, -0.2) is 0 Å². The summed E-state index contributed by atoms with van der Waals surface area (Å²) in [5, 5.41) is 0. The monoisotopic (exact) mass is 267 g/mol. The first-order valence-corrected chi connectivity index (χ1v) is 7.07. The van der Waals surface area contributed by atoms with E-state index in [-0.39, 0.29) is 23.3 Å². The van der Waals surface area contributed by atoms with Crippen LogP contribution in [0.4, 0.5) is 0 Å². The van der Waals surface area contributed by atoms with E-state index < -0.39 is 0 Å². The summed E-state index contributed by atoms with van der Waals surface area (Å²) in [6.45, 7) is 10.1. The molecule has 2 amide bonds. The molecular weight excluding hydrogens is 242 g/mol. The molecule has 0 aromatic carbocycles. The van der Waals surface area contributed by atoms with E-state index in [4.69, 9.17) is 0 Å².